The van der Waals surface area contributed by atoms with Gasteiger partial charge in [0.15, 0.2) is 6.54 Å². The van der Waals surface area contributed by atoms with Crippen LogP contribution in [0.1, 0.15) is 10.4 Å². The van der Waals surface area contributed by atoms with E-state index in [1.54, 1.807) is 32.3 Å². The van der Waals surface area contributed by atoms with E-state index in [1.165, 1.54) is 0 Å². The minimum Gasteiger partial charge on any atom is -0.398 e. The van der Waals surface area contributed by atoms with Gasteiger partial charge in [0.05, 0.1) is 24.8 Å². The number of nitrogen functional groups attached to an aromatic ring is 1. The van der Waals surface area contributed by atoms with Crippen molar-refractivity contribution in [2.24, 2.45) is 5.84 Å². The number of anilines is 1. The quantitative estimate of drug-likeness (QED) is 0.267. The van der Waals surface area contributed by atoms with E-state index in [2.05, 4.69) is 0 Å². The summed E-state index contributed by atoms with van der Waals surface area (Å²) >= 11 is 5.82. The number of quaternary nitrogens is 1. The van der Waals surface area contributed by atoms with Gasteiger partial charge in [-0.15, -0.1) is 0 Å². The Balaban J connectivity index is 2.88. The molecule has 1 aromatic carbocycles. The van der Waals surface area contributed by atoms with E-state index in [0.717, 1.165) is 0 Å². The van der Waals surface area contributed by atoms with E-state index in [9.17, 15) is 4.79 Å². The van der Waals surface area contributed by atoms with Gasteiger partial charge in [0.1, 0.15) is 0 Å². The van der Waals surface area contributed by atoms with Crippen molar-refractivity contribution in [3.8, 4) is 0 Å². The lowest BCUT2D eigenvalue weighted by atomic mass is 10.1. The first kappa shape index (κ1) is 12.0. The topological polar surface area (TPSA) is 69.1 Å². The van der Waals surface area contributed by atoms with Crippen LogP contribution in [-0.4, -0.2) is 31.0 Å². The van der Waals surface area contributed by atoms with Crippen molar-refractivity contribution >= 4 is 23.1 Å². The molecule has 0 radical (unpaired) electrons. The maximum atomic E-state index is 11.7. The van der Waals surface area contributed by atoms with E-state index >= 15 is 0 Å². The Morgan fingerprint density at radius 3 is 2.53 bits per heavy atom. The van der Waals surface area contributed by atoms with Gasteiger partial charge in [-0.25, -0.2) is 4.59 Å². The molecular weight excluding hydrogens is 214 g/mol. The molecule has 0 atom stereocenters. The second kappa shape index (κ2) is 4.18. The molecule has 4 N–H and O–H groups in total. The number of nitrogens with zero attached hydrogens (tertiary/aromatic N) is 1. The molecule has 82 valence electrons. The normalized spacial score (nSPS) is 11.5. The van der Waals surface area contributed by atoms with E-state index in [4.69, 9.17) is 23.2 Å². The van der Waals surface area contributed by atoms with Gasteiger partial charge in [-0.1, -0.05) is 11.6 Å². The average molecular weight is 229 g/mol. The molecule has 0 saturated carbocycles. The van der Waals surface area contributed by atoms with Gasteiger partial charge >= 0.3 is 0 Å². The number of nitrogens with two attached hydrogens (primary N) is 2. The van der Waals surface area contributed by atoms with Crippen LogP contribution in [0.2, 0.25) is 5.02 Å². The Kier molecular flexibility index (Phi) is 3.34. The summed E-state index contributed by atoms with van der Waals surface area (Å²) in [6.45, 7) is 0.222. The fourth-order valence-corrected chi connectivity index (χ4v) is 1.34. The molecule has 0 unspecified atom stereocenters. The average Bonchev–Trinajstić information content (AvgIpc) is 2.06. The predicted molar refractivity (Wildman–Crippen MR) is 61.4 cm³/mol. The fraction of sp³-hybridized carbons (Fsp3) is 0.300. The number of carbonyl (C=O) groups is 1. The van der Waals surface area contributed by atoms with Crippen LogP contribution in [0.25, 0.3) is 0 Å². The standard InChI is InChI=1S/C10H14ClN3O/c1-14(2,13)6-10(15)7-3-4-9(12)8(11)5-7/h3-5H,6,13H2,1-2H3,(H-,12,15)/p+1. The number of likely N-dealkylation sites (N-methyl/N-ethyl adjacent to an activating group) is 1. The van der Waals surface area contributed by atoms with Crippen LogP contribution in [0.4, 0.5) is 5.69 Å². The third-order valence-corrected chi connectivity index (χ3v) is 2.20. The largest absolute Gasteiger partial charge is 0.398 e. The Hall–Kier alpha value is -1.10. The zero-order chi connectivity index (χ0) is 11.6. The molecule has 0 saturated heterocycles. The molecule has 0 bridgehead atoms. The monoisotopic (exact) mass is 228 g/mol. The number of hydrogen-bond acceptors (Lipinski definition) is 3. The molecule has 4 nitrogen and oxygen atoms in total. The van der Waals surface area contributed by atoms with Gasteiger partial charge in [0.2, 0.25) is 5.78 Å². The first-order valence-corrected chi connectivity index (χ1v) is 4.87. The van der Waals surface area contributed by atoms with Gasteiger partial charge in [-0.2, -0.15) is 5.84 Å². The number of rotatable bonds is 3. The van der Waals surface area contributed by atoms with E-state index in [1.807, 2.05) is 0 Å². The molecule has 0 heterocycles. The van der Waals surface area contributed by atoms with Crippen molar-refractivity contribution in [2.75, 3.05) is 26.4 Å². The highest BCUT2D eigenvalue weighted by atomic mass is 35.5. The van der Waals surface area contributed by atoms with E-state index < -0.39 is 0 Å². The molecule has 0 fully saturated rings. The SMILES string of the molecule is C[N+](C)(N)CC(=O)c1ccc(N)c(Cl)c1. The van der Waals surface area contributed by atoms with E-state index in [-0.39, 0.29) is 16.9 Å². The van der Waals surface area contributed by atoms with Gasteiger partial charge in [-0.3, -0.25) is 4.79 Å². The highest BCUT2D eigenvalue weighted by Crippen LogP contribution is 2.20. The summed E-state index contributed by atoms with van der Waals surface area (Å²) in [5.74, 6) is 5.65. The molecule has 0 aliphatic rings. The summed E-state index contributed by atoms with van der Waals surface area (Å²) < 4.78 is 0.0980. The van der Waals surface area contributed by atoms with Crippen LogP contribution in [0.5, 0.6) is 0 Å². The lowest BCUT2D eigenvalue weighted by Crippen LogP contribution is -2.50. The summed E-state index contributed by atoms with van der Waals surface area (Å²) in [5, 5.41) is 0.392. The molecule has 0 aliphatic heterocycles. The van der Waals surface area contributed by atoms with Gasteiger partial charge in [0.25, 0.3) is 0 Å². The number of halogens is 1. The van der Waals surface area contributed by atoms with Crippen LogP contribution in [0, 0.1) is 0 Å². The molecule has 1 aromatic rings. The third kappa shape index (κ3) is 3.51. The molecule has 1 rings (SSSR count). The Morgan fingerprint density at radius 2 is 2.07 bits per heavy atom. The smallest absolute Gasteiger partial charge is 0.218 e. The third-order valence-electron chi connectivity index (χ3n) is 1.87. The number of hydrogen-bond donors (Lipinski definition) is 2. The second-order valence-corrected chi connectivity index (χ2v) is 4.50. The van der Waals surface area contributed by atoms with Gasteiger partial charge < -0.3 is 5.73 Å². The van der Waals surface area contributed by atoms with Crippen molar-refractivity contribution in [3.63, 3.8) is 0 Å². The minimum absolute atomic E-state index is 0.0515. The maximum Gasteiger partial charge on any atom is 0.218 e. The molecule has 0 spiro atoms. The Bertz CT molecular complexity index is 385. The minimum atomic E-state index is -0.0515. The number of carbonyl (C=O) groups excluding carboxylic acids is 1. The van der Waals surface area contributed by atoms with Crippen LogP contribution in [-0.2, 0) is 0 Å². The molecule has 15 heavy (non-hydrogen) atoms. The number of benzene rings is 1. The van der Waals surface area contributed by atoms with Crippen LogP contribution in [0.3, 0.4) is 0 Å². The van der Waals surface area contributed by atoms with Gasteiger partial charge in [0, 0.05) is 5.56 Å². The lowest BCUT2D eigenvalue weighted by Gasteiger charge is -2.21. The highest BCUT2D eigenvalue weighted by Gasteiger charge is 2.17. The van der Waals surface area contributed by atoms with Crippen molar-refractivity contribution in [1.29, 1.82) is 0 Å². The van der Waals surface area contributed by atoms with Crippen molar-refractivity contribution in [1.82, 2.24) is 0 Å². The lowest BCUT2D eigenvalue weighted by molar-refractivity contribution is -0.893. The molecule has 0 aliphatic carbocycles. The van der Waals surface area contributed by atoms with Crippen molar-refractivity contribution < 1.29 is 9.39 Å². The van der Waals surface area contributed by atoms with E-state index in [0.29, 0.717) is 16.3 Å². The Morgan fingerprint density at radius 1 is 1.47 bits per heavy atom. The number of ketones is 1. The van der Waals surface area contributed by atoms with Crippen LogP contribution < -0.4 is 11.6 Å². The summed E-state index contributed by atoms with van der Waals surface area (Å²) in [7, 11) is 3.49. The zero-order valence-electron chi connectivity index (χ0n) is 8.83. The van der Waals surface area contributed by atoms with Crippen LogP contribution in [0.15, 0.2) is 18.2 Å². The molecule has 0 aromatic heterocycles. The molecular formula is C10H15ClN3O+. The summed E-state index contributed by atoms with van der Waals surface area (Å²) in [6, 6.07) is 4.83. The van der Waals surface area contributed by atoms with Crippen LogP contribution >= 0.6 is 11.6 Å². The predicted octanol–water partition coefficient (Wildman–Crippen LogP) is 1.06. The Labute approximate surface area is 94.0 Å². The van der Waals surface area contributed by atoms with Gasteiger partial charge in [-0.05, 0) is 18.2 Å². The molecule has 5 heteroatoms. The summed E-state index contributed by atoms with van der Waals surface area (Å²) in [6.07, 6.45) is 0. The highest BCUT2D eigenvalue weighted by molar-refractivity contribution is 6.33. The second-order valence-electron chi connectivity index (χ2n) is 4.10. The maximum absolute atomic E-state index is 11.7. The summed E-state index contributed by atoms with van der Waals surface area (Å²) in [5.41, 5.74) is 6.54. The fourth-order valence-electron chi connectivity index (χ4n) is 1.16. The molecule has 0 amide bonds. The summed E-state index contributed by atoms with van der Waals surface area (Å²) in [4.78, 5) is 11.7. The van der Waals surface area contributed by atoms with Crippen molar-refractivity contribution in [2.45, 2.75) is 0 Å². The number of Topliss-reactive ketones (excluding diaryl/α,β-unsaturated/α-hetero) is 1. The first-order valence-electron chi connectivity index (χ1n) is 4.49. The first-order chi connectivity index (χ1) is 6.79. The zero-order valence-corrected chi connectivity index (χ0v) is 9.58. The van der Waals surface area contributed by atoms with Crippen molar-refractivity contribution in [3.05, 3.63) is 28.8 Å².